The van der Waals surface area contributed by atoms with E-state index in [1.54, 1.807) is 32.0 Å². The van der Waals surface area contributed by atoms with Crippen LogP contribution >= 0.6 is 0 Å². The van der Waals surface area contributed by atoms with Crippen molar-refractivity contribution in [3.05, 3.63) is 24.3 Å². The molecule has 1 atom stereocenters. The zero-order chi connectivity index (χ0) is 15.9. The molecule has 0 bridgehead atoms. The van der Waals surface area contributed by atoms with Crippen LogP contribution in [0.1, 0.15) is 26.7 Å². The maximum absolute atomic E-state index is 11.9. The number of amides is 1. The standard InChI is InChI=1S/C15H22N2O4/c1-4-15(2,14(19)20)16-10-9-13(18)17-11-7-5-6-8-12(11)21-3/h5-8,16H,4,9-10H2,1-3H3,(H,17,18)(H,19,20). The monoisotopic (exact) mass is 294 g/mol. The maximum atomic E-state index is 11.9. The first-order valence-corrected chi connectivity index (χ1v) is 6.84. The lowest BCUT2D eigenvalue weighted by atomic mass is 9.99. The molecule has 0 aliphatic rings. The fourth-order valence-corrected chi connectivity index (χ4v) is 1.76. The molecule has 0 saturated heterocycles. The number of hydrogen-bond acceptors (Lipinski definition) is 4. The Bertz CT molecular complexity index is 504. The van der Waals surface area contributed by atoms with Crippen LogP contribution in [0.15, 0.2) is 24.3 Å². The minimum Gasteiger partial charge on any atom is -0.495 e. The van der Waals surface area contributed by atoms with Gasteiger partial charge in [-0.25, -0.2) is 0 Å². The minimum absolute atomic E-state index is 0.181. The van der Waals surface area contributed by atoms with Gasteiger partial charge in [0.15, 0.2) is 0 Å². The summed E-state index contributed by atoms with van der Waals surface area (Å²) in [5, 5.41) is 14.8. The molecule has 1 rings (SSSR count). The van der Waals surface area contributed by atoms with E-state index in [1.165, 1.54) is 7.11 Å². The van der Waals surface area contributed by atoms with Gasteiger partial charge in [0.05, 0.1) is 12.8 Å². The predicted octanol–water partition coefficient (Wildman–Crippen LogP) is 1.87. The lowest BCUT2D eigenvalue weighted by Crippen LogP contribution is -2.49. The molecule has 0 aliphatic heterocycles. The van der Waals surface area contributed by atoms with Crippen molar-refractivity contribution >= 4 is 17.6 Å². The molecule has 21 heavy (non-hydrogen) atoms. The van der Waals surface area contributed by atoms with E-state index in [0.29, 0.717) is 17.9 Å². The summed E-state index contributed by atoms with van der Waals surface area (Å²) >= 11 is 0. The van der Waals surface area contributed by atoms with Gasteiger partial charge in [0.25, 0.3) is 0 Å². The average Bonchev–Trinajstić information content (AvgIpc) is 2.47. The molecular weight excluding hydrogens is 272 g/mol. The Morgan fingerprint density at radius 3 is 2.57 bits per heavy atom. The Balaban J connectivity index is 2.50. The van der Waals surface area contributed by atoms with Gasteiger partial charge >= 0.3 is 5.97 Å². The lowest BCUT2D eigenvalue weighted by molar-refractivity contribution is -0.144. The number of carbonyl (C=O) groups is 2. The van der Waals surface area contributed by atoms with Gasteiger partial charge in [-0.15, -0.1) is 0 Å². The number of para-hydroxylation sites is 2. The fraction of sp³-hybridized carbons (Fsp3) is 0.467. The van der Waals surface area contributed by atoms with Crippen LogP contribution in [0.5, 0.6) is 5.75 Å². The average molecular weight is 294 g/mol. The highest BCUT2D eigenvalue weighted by Gasteiger charge is 2.30. The zero-order valence-electron chi connectivity index (χ0n) is 12.6. The molecule has 0 aliphatic carbocycles. The van der Waals surface area contributed by atoms with Crippen molar-refractivity contribution in [2.75, 3.05) is 19.0 Å². The van der Waals surface area contributed by atoms with E-state index in [-0.39, 0.29) is 18.9 Å². The Kier molecular flexibility index (Phi) is 6.17. The lowest BCUT2D eigenvalue weighted by Gasteiger charge is -2.24. The summed E-state index contributed by atoms with van der Waals surface area (Å²) in [5.74, 6) is -0.534. The summed E-state index contributed by atoms with van der Waals surface area (Å²) in [5.41, 5.74) is -0.411. The number of methoxy groups -OCH3 is 1. The number of carbonyl (C=O) groups excluding carboxylic acids is 1. The first-order chi connectivity index (χ1) is 9.92. The number of carboxylic acid groups (broad SMARTS) is 1. The number of benzene rings is 1. The van der Waals surface area contributed by atoms with E-state index in [1.807, 2.05) is 6.07 Å². The molecule has 0 aromatic heterocycles. The highest BCUT2D eigenvalue weighted by atomic mass is 16.5. The van der Waals surface area contributed by atoms with Gasteiger partial charge in [0.1, 0.15) is 11.3 Å². The summed E-state index contributed by atoms with van der Waals surface area (Å²) in [6.45, 7) is 3.68. The van der Waals surface area contributed by atoms with Crippen LogP contribution in [0.3, 0.4) is 0 Å². The van der Waals surface area contributed by atoms with Gasteiger partial charge in [-0.2, -0.15) is 0 Å². The predicted molar refractivity (Wildman–Crippen MR) is 80.6 cm³/mol. The zero-order valence-corrected chi connectivity index (χ0v) is 12.6. The Morgan fingerprint density at radius 1 is 1.33 bits per heavy atom. The number of nitrogens with one attached hydrogen (secondary N) is 2. The normalized spacial score (nSPS) is 13.3. The highest BCUT2D eigenvalue weighted by Crippen LogP contribution is 2.23. The quantitative estimate of drug-likeness (QED) is 0.681. The topological polar surface area (TPSA) is 87.7 Å². The highest BCUT2D eigenvalue weighted by molar-refractivity contribution is 5.92. The molecule has 6 heteroatoms. The third-order valence-electron chi connectivity index (χ3n) is 3.43. The summed E-state index contributed by atoms with van der Waals surface area (Å²) in [4.78, 5) is 23.0. The van der Waals surface area contributed by atoms with Crippen LogP contribution in [0.2, 0.25) is 0 Å². The number of carboxylic acids is 1. The van der Waals surface area contributed by atoms with Crippen molar-refractivity contribution in [2.45, 2.75) is 32.2 Å². The van der Waals surface area contributed by atoms with Crippen molar-refractivity contribution in [3.8, 4) is 5.75 Å². The number of ether oxygens (including phenoxy) is 1. The molecule has 0 heterocycles. The molecule has 116 valence electrons. The van der Waals surface area contributed by atoms with Crippen LogP contribution < -0.4 is 15.4 Å². The van der Waals surface area contributed by atoms with E-state index >= 15 is 0 Å². The number of rotatable bonds is 8. The molecule has 0 fully saturated rings. The number of anilines is 1. The smallest absolute Gasteiger partial charge is 0.323 e. The second kappa shape index (κ2) is 7.64. The second-order valence-corrected chi connectivity index (χ2v) is 4.92. The Hall–Kier alpha value is -2.08. The molecule has 0 saturated carbocycles. The molecule has 1 amide bonds. The van der Waals surface area contributed by atoms with Gasteiger partial charge in [-0.05, 0) is 25.5 Å². The minimum atomic E-state index is -1.01. The Labute approximate surface area is 124 Å². The summed E-state index contributed by atoms with van der Waals surface area (Å²) < 4.78 is 5.15. The molecule has 6 nitrogen and oxygen atoms in total. The first-order valence-electron chi connectivity index (χ1n) is 6.84. The molecule has 1 unspecified atom stereocenters. The van der Waals surface area contributed by atoms with E-state index in [0.717, 1.165) is 0 Å². The summed E-state index contributed by atoms with van der Waals surface area (Å²) in [7, 11) is 1.53. The van der Waals surface area contributed by atoms with Crippen LogP contribution in [-0.4, -0.2) is 36.2 Å². The van der Waals surface area contributed by atoms with Gasteiger partial charge in [-0.1, -0.05) is 19.1 Å². The third kappa shape index (κ3) is 4.75. The van der Waals surface area contributed by atoms with Gasteiger partial charge in [-0.3, -0.25) is 9.59 Å². The SMILES string of the molecule is CCC(C)(NCCC(=O)Nc1ccccc1OC)C(=O)O. The summed E-state index contributed by atoms with van der Waals surface area (Å²) in [6, 6.07) is 7.12. The van der Waals surface area contributed by atoms with E-state index in [9.17, 15) is 9.59 Å². The maximum Gasteiger partial charge on any atom is 0.323 e. The van der Waals surface area contributed by atoms with Crippen LogP contribution in [0.4, 0.5) is 5.69 Å². The Morgan fingerprint density at radius 2 is 2.00 bits per heavy atom. The molecular formula is C15H22N2O4. The van der Waals surface area contributed by atoms with Crippen molar-refractivity contribution in [2.24, 2.45) is 0 Å². The van der Waals surface area contributed by atoms with Gasteiger partial charge in [0, 0.05) is 13.0 Å². The number of hydrogen-bond donors (Lipinski definition) is 3. The van der Waals surface area contributed by atoms with Crippen molar-refractivity contribution < 1.29 is 19.4 Å². The van der Waals surface area contributed by atoms with E-state index < -0.39 is 11.5 Å². The third-order valence-corrected chi connectivity index (χ3v) is 3.43. The van der Waals surface area contributed by atoms with Crippen molar-refractivity contribution in [1.29, 1.82) is 0 Å². The van der Waals surface area contributed by atoms with E-state index in [2.05, 4.69) is 10.6 Å². The van der Waals surface area contributed by atoms with Gasteiger partial charge < -0.3 is 20.5 Å². The largest absolute Gasteiger partial charge is 0.495 e. The fourth-order valence-electron chi connectivity index (χ4n) is 1.76. The number of aliphatic carboxylic acids is 1. The van der Waals surface area contributed by atoms with Crippen molar-refractivity contribution in [1.82, 2.24) is 5.32 Å². The van der Waals surface area contributed by atoms with Crippen LogP contribution in [0, 0.1) is 0 Å². The molecule has 0 radical (unpaired) electrons. The molecule has 1 aromatic carbocycles. The van der Waals surface area contributed by atoms with Gasteiger partial charge in [0.2, 0.25) is 5.91 Å². The second-order valence-electron chi connectivity index (χ2n) is 4.92. The first kappa shape index (κ1) is 17.0. The van der Waals surface area contributed by atoms with Crippen molar-refractivity contribution in [3.63, 3.8) is 0 Å². The summed E-state index contributed by atoms with van der Waals surface area (Å²) in [6.07, 6.45) is 0.622. The molecule has 0 spiro atoms. The van der Waals surface area contributed by atoms with Crippen LogP contribution in [-0.2, 0) is 9.59 Å². The van der Waals surface area contributed by atoms with E-state index in [4.69, 9.17) is 9.84 Å². The molecule has 1 aromatic rings. The molecule has 3 N–H and O–H groups in total. The van der Waals surface area contributed by atoms with Crippen LogP contribution in [0.25, 0.3) is 0 Å².